The number of ether oxygens (including phenoxy) is 2. The van der Waals surface area contributed by atoms with Crippen molar-refractivity contribution in [1.82, 2.24) is 4.90 Å². The minimum atomic E-state index is -0.227. The zero-order chi connectivity index (χ0) is 16.2. The maximum Gasteiger partial charge on any atom is 0.321 e. The number of carbonyl (C=O) groups excluding carboxylic acids is 1. The number of hydrogen-bond acceptors (Lipinski definition) is 3. The third-order valence-electron chi connectivity index (χ3n) is 3.47. The molecule has 3 rings (SSSR count). The van der Waals surface area contributed by atoms with E-state index in [2.05, 4.69) is 5.32 Å². The molecule has 0 aliphatic carbocycles. The van der Waals surface area contributed by atoms with E-state index in [-0.39, 0.29) is 12.1 Å². The van der Waals surface area contributed by atoms with Crippen LogP contribution in [0.1, 0.15) is 0 Å². The average Bonchev–Trinajstić information content (AvgIpc) is 2.54. The van der Waals surface area contributed by atoms with Crippen molar-refractivity contribution in [3.05, 3.63) is 53.6 Å². The Bertz CT molecular complexity index is 708. The van der Waals surface area contributed by atoms with E-state index in [1.54, 1.807) is 36.2 Å². The number of likely N-dealkylation sites (N-methyl/N-ethyl adjacent to an activating group) is 1. The summed E-state index contributed by atoms with van der Waals surface area (Å²) < 4.78 is 11.5. The van der Waals surface area contributed by atoms with E-state index in [0.29, 0.717) is 29.6 Å². The maximum atomic E-state index is 12.2. The Morgan fingerprint density at radius 1 is 1.26 bits per heavy atom. The first-order valence-electron chi connectivity index (χ1n) is 7.28. The lowest BCUT2D eigenvalue weighted by Gasteiger charge is -2.29. The molecule has 1 heterocycles. The number of carbonyl (C=O) groups is 1. The topological polar surface area (TPSA) is 50.8 Å². The van der Waals surface area contributed by atoms with Gasteiger partial charge in [-0.15, -0.1) is 0 Å². The Morgan fingerprint density at radius 3 is 2.83 bits per heavy atom. The molecule has 1 aliphatic heterocycles. The van der Waals surface area contributed by atoms with E-state index in [0.717, 1.165) is 5.75 Å². The Hall–Kier alpha value is -2.40. The molecule has 23 heavy (non-hydrogen) atoms. The van der Waals surface area contributed by atoms with Crippen LogP contribution in [0.25, 0.3) is 0 Å². The van der Waals surface area contributed by atoms with Gasteiger partial charge in [-0.1, -0.05) is 29.8 Å². The predicted octanol–water partition coefficient (Wildman–Crippen LogP) is 3.64. The fourth-order valence-corrected chi connectivity index (χ4v) is 2.52. The van der Waals surface area contributed by atoms with Gasteiger partial charge in [0, 0.05) is 17.8 Å². The van der Waals surface area contributed by atoms with Gasteiger partial charge in [0.15, 0.2) is 17.6 Å². The van der Waals surface area contributed by atoms with Crippen LogP contribution in [0, 0.1) is 0 Å². The molecular formula is C17H17ClN2O3. The molecule has 1 N–H and O–H groups in total. The van der Waals surface area contributed by atoms with Gasteiger partial charge in [0.05, 0.1) is 6.54 Å². The summed E-state index contributed by atoms with van der Waals surface area (Å²) in [6, 6.07) is 14.3. The van der Waals surface area contributed by atoms with Gasteiger partial charge in [-0.25, -0.2) is 4.79 Å². The monoisotopic (exact) mass is 332 g/mol. The lowest BCUT2D eigenvalue weighted by atomic mass is 10.2. The quantitative estimate of drug-likeness (QED) is 0.933. The van der Waals surface area contributed by atoms with Gasteiger partial charge in [0.1, 0.15) is 6.61 Å². The fourth-order valence-electron chi connectivity index (χ4n) is 2.33. The molecule has 120 valence electrons. The summed E-state index contributed by atoms with van der Waals surface area (Å²) in [5, 5.41) is 3.37. The summed E-state index contributed by atoms with van der Waals surface area (Å²) in [5.74, 6) is 1.43. The third kappa shape index (κ3) is 3.87. The number of hydrogen-bond donors (Lipinski definition) is 1. The van der Waals surface area contributed by atoms with Crippen LogP contribution in [-0.4, -0.2) is 37.2 Å². The van der Waals surface area contributed by atoms with Gasteiger partial charge in [0.2, 0.25) is 0 Å². The molecule has 0 aromatic heterocycles. The normalized spacial score (nSPS) is 15.8. The molecule has 0 saturated heterocycles. The van der Waals surface area contributed by atoms with Crippen molar-refractivity contribution in [2.24, 2.45) is 0 Å². The van der Waals surface area contributed by atoms with Crippen molar-refractivity contribution in [3.8, 4) is 11.5 Å². The van der Waals surface area contributed by atoms with Crippen LogP contribution in [0.5, 0.6) is 11.5 Å². The highest BCUT2D eigenvalue weighted by molar-refractivity contribution is 6.30. The highest BCUT2D eigenvalue weighted by atomic mass is 35.5. The van der Waals surface area contributed by atoms with Crippen LogP contribution in [0.2, 0.25) is 5.02 Å². The lowest BCUT2D eigenvalue weighted by molar-refractivity contribution is 0.0731. The van der Waals surface area contributed by atoms with Crippen LogP contribution >= 0.6 is 11.6 Å². The lowest BCUT2D eigenvalue weighted by Crippen LogP contribution is -2.43. The SMILES string of the molecule is CN(C[C@@H]1COc2ccccc2O1)C(=O)Nc1cccc(Cl)c1. The maximum absolute atomic E-state index is 12.2. The summed E-state index contributed by atoms with van der Waals surface area (Å²) in [4.78, 5) is 13.8. The number of amides is 2. The smallest absolute Gasteiger partial charge is 0.321 e. The van der Waals surface area contributed by atoms with E-state index < -0.39 is 0 Å². The molecule has 2 aromatic carbocycles. The summed E-state index contributed by atoms with van der Waals surface area (Å²) in [6.07, 6.45) is -0.208. The number of nitrogens with one attached hydrogen (secondary N) is 1. The van der Waals surface area contributed by atoms with Crippen molar-refractivity contribution in [2.45, 2.75) is 6.10 Å². The number of para-hydroxylation sites is 2. The van der Waals surface area contributed by atoms with Gasteiger partial charge in [-0.2, -0.15) is 0 Å². The first kappa shape index (κ1) is 15.5. The zero-order valence-electron chi connectivity index (χ0n) is 12.7. The second kappa shape index (κ2) is 6.79. The number of anilines is 1. The summed E-state index contributed by atoms with van der Waals surface area (Å²) in [5.41, 5.74) is 0.653. The first-order valence-corrected chi connectivity index (χ1v) is 7.66. The molecule has 5 nitrogen and oxygen atoms in total. The largest absolute Gasteiger partial charge is 0.486 e. The van der Waals surface area contributed by atoms with Crippen LogP contribution < -0.4 is 14.8 Å². The summed E-state index contributed by atoms with van der Waals surface area (Å²) >= 11 is 5.91. The Labute approximate surface area is 139 Å². The Morgan fingerprint density at radius 2 is 2.04 bits per heavy atom. The molecule has 0 saturated carbocycles. The van der Waals surface area contributed by atoms with Gasteiger partial charge < -0.3 is 19.7 Å². The number of halogens is 1. The number of urea groups is 1. The minimum Gasteiger partial charge on any atom is -0.486 e. The van der Waals surface area contributed by atoms with E-state index >= 15 is 0 Å². The molecule has 1 aliphatic rings. The first-order chi connectivity index (χ1) is 11.1. The van der Waals surface area contributed by atoms with Gasteiger partial charge in [-0.3, -0.25) is 0 Å². The number of fused-ring (bicyclic) bond motifs is 1. The third-order valence-corrected chi connectivity index (χ3v) is 3.70. The average molecular weight is 333 g/mol. The van der Waals surface area contributed by atoms with E-state index in [9.17, 15) is 4.79 Å². The number of rotatable bonds is 3. The molecule has 0 fully saturated rings. The zero-order valence-corrected chi connectivity index (χ0v) is 13.4. The molecule has 0 bridgehead atoms. The van der Waals surface area contributed by atoms with Crippen LogP contribution in [0.15, 0.2) is 48.5 Å². The van der Waals surface area contributed by atoms with Crippen molar-refractivity contribution >= 4 is 23.3 Å². The van der Waals surface area contributed by atoms with E-state index in [4.69, 9.17) is 21.1 Å². The highest BCUT2D eigenvalue weighted by Gasteiger charge is 2.23. The van der Waals surface area contributed by atoms with Crippen molar-refractivity contribution in [3.63, 3.8) is 0 Å². The Kier molecular flexibility index (Phi) is 4.57. The Balaban J connectivity index is 1.57. The molecule has 2 aromatic rings. The van der Waals surface area contributed by atoms with E-state index in [1.165, 1.54) is 0 Å². The number of benzene rings is 2. The van der Waals surface area contributed by atoms with Crippen LogP contribution in [0.3, 0.4) is 0 Å². The summed E-state index contributed by atoms with van der Waals surface area (Å²) in [7, 11) is 1.71. The van der Waals surface area contributed by atoms with Crippen molar-refractivity contribution in [1.29, 1.82) is 0 Å². The minimum absolute atomic E-state index is 0.208. The molecule has 1 atom stereocenters. The summed E-state index contributed by atoms with van der Waals surface area (Å²) in [6.45, 7) is 0.826. The highest BCUT2D eigenvalue weighted by Crippen LogP contribution is 2.31. The van der Waals surface area contributed by atoms with Crippen molar-refractivity contribution < 1.29 is 14.3 Å². The van der Waals surface area contributed by atoms with Gasteiger partial charge in [0.25, 0.3) is 0 Å². The molecule has 0 spiro atoms. The van der Waals surface area contributed by atoms with Gasteiger partial charge >= 0.3 is 6.03 Å². The second-order valence-electron chi connectivity index (χ2n) is 5.32. The van der Waals surface area contributed by atoms with Crippen molar-refractivity contribution in [2.75, 3.05) is 25.5 Å². The molecular weight excluding hydrogens is 316 g/mol. The van der Waals surface area contributed by atoms with E-state index in [1.807, 2.05) is 24.3 Å². The standard InChI is InChI=1S/C17H17ClN2O3/c1-20(17(21)19-13-6-4-5-12(18)9-13)10-14-11-22-15-7-2-3-8-16(15)23-14/h2-9,14H,10-11H2,1H3,(H,19,21)/t14-/m1/s1. The number of nitrogens with zero attached hydrogens (tertiary/aromatic N) is 1. The molecule has 0 radical (unpaired) electrons. The van der Waals surface area contributed by atoms with Crippen LogP contribution in [-0.2, 0) is 0 Å². The van der Waals surface area contributed by atoms with Gasteiger partial charge in [-0.05, 0) is 30.3 Å². The molecule has 6 heteroatoms. The van der Waals surface area contributed by atoms with Crippen LogP contribution in [0.4, 0.5) is 10.5 Å². The second-order valence-corrected chi connectivity index (χ2v) is 5.76. The predicted molar refractivity (Wildman–Crippen MR) is 89.5 cm³/mol. The molecule has 0 unspecified atom stereocenters. The molecule has 2 amide bonds. The fraction of sp³-hybridized carbons (Fsp3) is 0.235.